The van der Waals surface area contributed by atoms with Crippen LogP contribution >= 0.6 is 23.2 Å². The van der Waals surface area contributed by atoms with Crippen LogP contribution < -0.4 is 0 Å². The van der Waals surface area contributed by atoms with Crippen molar-refractivity contribution in [2.75, 3.05) is 13.1 Å². The third-order valence-electron chi connectivity index (χ3n) is 2.78. The highest BCUT2D eigenvalue weighted by atomic mass is 35.5. The van der Waals surface area contributed by atoms with E-state index in [1.807, 2.05) is 6.92 Å². The van der Waals surface area contributed by atoms with Gasteiger partial charge in [-0.05, 0) is 24.5 Å². The summed E-state index contributed by atoms with van der Waals surface area (Å²) < 4.78 is 26.0. The molecule has 0 unspecified atom stereocenters. The van der Waals surface area contributed by atoms with Crippen LogP contribution in [-0.4, -0.2) is 30.8 Å². The molecule has 1 aromatic rings. The Bertz CT molecular complexity index is 533. The quantitative estimate of drug-likeness (QED) is 0.787. The van der Waals surface area contributed by atoms with Crippen LogP contribution in [0.4, 0.5) is 0 Å². The Morgan fingerprint density at radius 2 is 2.12 bits per heavy atom. The van der Waals surface area contributed by atoms with Gasteiger partial charge in [0.05, 0.1) is 0 Å². The van der Waals surface area contributed by atoms with Gasteiger partial charge in [0.15, 0.2) is 5.15 Å². The molecule has 1 fully saturated rings. The Morgan fingerprint density at radius 1 is 1.41 bits per heavy atom. The Hall–Kier alpha value is -0.360. The average Bonchev–Trinajstić information content (AvgIpc) is 2.64. The molecule has 0 aromatic carbocycles. The van der Waals surface area contributed by atoms with Crippen LogP contribution in [0.25, 0.3) is 0 Å². The second kappa shape index (κ2) is 4.72. The number of hydrogen-bond donors (Lipinski definition) is 0. The monoisotopic (exact) mass is 294 g/mol. The van der Waals surface area contributed by atoms with Gasteiger partial charge in [-0.25, -0.2) is 13.4 Å². The molecule has 4 nitrogen and oxygen atoms in total. The molecule has 1 aromatic heterocycles. The topological polar surface area (TPSA) is 50.3 Å². The van der Waals surface area contributed by atoms with Crippen molar-refractivity contribution in [2.24, 2.45) is 5.92 Å². The van der Waals surface area contributed by atoms with Gasteiger partial charge in [-0.1, -0.05) is 30.1 Å². The number of aromatic nitrogens is 1. The molecular formula is C10H12Cl2N2O2S. The third kappa shape index (κ3) is 2.57. The highest BCUT2D eigenvalue weighted by Gasteiger charge is 2.32. The fourth-order valence-electron chi connectivity index (χ4n) is 1.84. The summed E-state index contributed by atoms with van der Waals surface area (Å²) in [5.74, 6) is 0.379. The minimum atomic E-state index is -3.54. The normalized spacial score (nSPS) is 21.9. The molecule has 0 aliphatic carbocycles. The molecular weight excluding hydrogens is 283 g/mol. The average molecular weight is 295 g/mol. The summed E-state index contributed by atoms with van der Waals surface area (Å²) in [6.45, 7) is 3.08. The molecule has 0 saturated carbocycles. The lowest BCUT2D eigenvalue weighted by molar-refractivity contribution is 0.464. The fourth-order valence-corrected chi connectivity index (χ4v) is 4.05. The van der Waals surface area contributed by atoms with E-state index in [1.165, 1.54) is 16.4 Å². The summed E-state index contributed by atoms with van der Waals surface area (Å²) in [6.07, 6.45) is 0.873. The first-order valence-electron chi connectivity index (χ1n) is 5.23. The molecule has 0 N–H and O–H groups in total. The molecule has 0 bridgehead atoms. The maximum atomic E-state index is 12.3. The lowest BCUT2D eigenvalue weighted by Gasteiger charge is -2.16. The maximum Gasteiger partial charge on any atom is 0.246 e. The zero-order chi connectivity index (χ0) is 12.6. The number of pyridine rings is 1. The highest BCUT2D eigenvalue weighted by molar-refractivity contribution is 7.89. The Labute approximate surface area is 111 Å². The van der Waals surface area contributed by atoms with Crippen LogP contribution in [0.15, 0.2) is 17.0 Å². The summed E-state index contributed by atoms with van der Waals surface area (Å²) in [7, 11) is -3.54. The van der Waals surface area contributed by atoms with Crippen molar-refractivity contribution in [1.29, 1.82) is 0 Å². The first-order valence-corrected chi connectivity index (χ1v) is 7.43. The van der Waals surface area contributed by atoms with Crippen LogP contribution in [0.1, 0.15) is 13.3 Å². The predicted molar refractivity (Wildman–Crippen MR) is 66.8 cm³/mol. The van der Waals surface area contributed by atoms with Crippen molar-refractivity contribution < 1.29 is 8.42 Å². The van der Waals surface area contributed by atoms with Crippen LogP contribution in [0.3, 0.4) is 0 Å². The van der Waals surface area contributed by atoms with Gasteiger partial charge in [0.1, 0.15) is 10.0 Å². The van der Waals surface area contributed by atoms with Gasteiger partial charge in [-0.3, -0.25) is 0 Å². The molecule has 94 valence electrons. The van der Waals surface area contributed by atoms with Crippen molar-refractivity contribution in [3.63, 3.8) is 0 Å². The Morgan fingerprint density at radius 3 is 2.65 bits per heavy atom. The standard InChI is InChI=1S/C10H12Cl2N2O2S/c1-7-4-5-14(6-7)17(15,16)8-2-3-9(11)13-10(8)12/h2-3,7H,4-6H2,1H3/t7-/m0/s1. The zero-order valence-electron chi connectivity index (χ0n) is 9.23. The van der Waals surface area contributed by atoms with Crippen molar-refractivity contribution in [3.8, 4) is 0 Å². The van der Waals surface area contributed by atoms with Crippen LogP contribution in [0.2, 0.25) is 10.3 Å². The molecule has 0 amide bonds. The zero-order valence-corrected chi connectivity index (χ0v) is 11.6. The highest BCUT2D eigenvalue weighted by Crippen LogP contribution is 2.28. The molecule has 7 heteroatoms. The van der Waals surface area contributed by atoms with Crippen LogP contribution in [0, 0.1) is 5.92 Å². The van der Waals surface area contributed by atoms with Crippen molar-refractivity contribution in [2.45, 2.75) is 18.2 Å². The van der Waals surface area contributed by atoms with Gasteiger partial charge < -0.3 is 0 Å². The number of sulfonamides is 1. The van der Waals surface area contributed by atoms with E-state index in [0.29, 0.717) is 19.0 Å². The Kier molecular flexibility index (Phi) is 3.63. The van der Waals surface area contributed by atoms with Crippen LogP contribution in [-0.2, 0) is 10.0 Å². The second-order valence-corrected chi connectivity index (χ2v) is 6.83. The van der Waals surface area contributed by atoms with Gasteiger partial charge in [-0.15, -0.1) is 0 Å². The minimum absolute atomic E-state index is 0.0256. The van der Waals surface area contributed by atoms with Gasteiger partial charge in [0.25, 0.3) is 0 Å². The van der Waals surface area contributed by atoms with E-state index < -0.39 is 10.0 Å². The molecule has 2 heterocycles. The smallest absolute Gasteiger partial charge is 0.223 e. The number of hydrogen-bond acceptors (Lipinski definition) is 3. The number of rotatable bonds is 2. The van der Waals surface area contributed by atoms with E-state index >= 15 is 0 Å². The first-order chi connectivity index (χ1) is 7.91. The van der Waals surface area contributed by atoms with Gasteiger partial charge >= 0.3 is 0 Å². The first kappa shape index (κ1) is 13.1. The van der Waals surface area contributed by atoms with Crippen LogP contribution in [0.5, 0.6) is 0 Å². The molecule has 1 saturated heterocycles. The predicted octanol–water partition coefficient (Wildman–Crippen LogP) is 2.42. The molecule has 17 heavy (non-hydrogen) atoms. The molecule has 0 radical (unpaired) electrons. The third-order valence-corrected chi connectivity index (χ3v) is 5.29. The van der Waals surface area contributed by atoms with Gasteiger partial charge in [0.2, 0.25) is 10.0 Å². The molecule has 1 aliphatic heterocycles. The minimum Gasteiger partial charge on any atom is -0.223 e. The maximum absolute atomic E-state index is 12.3. The van der Waals surface area contributed by atoms with Crippen molar-refractivity contribution in [3.05, 3.63) is 22.4 Å². The van der Waals surface area contributed by atoms with E-state index in [1.54, 1.807) is 0 Å². The van der Waals surface area contributed by atoms with E-state index in [-0.39, 0.29) is 15.2 Å². The Balaban J connectivity index is 2.38. The number of halogens is 2. The molecule has 1 atom stereocenters. The summed E-state index contributed by atoms with van der Waals surface area (Å²) in [5, 5.41) is 0.112. The summed E-state index contributed by atoms with van der Waals surface area (Å²) in [6, 6.07) is 2.83. The van der Waals surface area contributed by atoms with E-state index in [9.17, 15) is 8.42 Å². The summed E-state index contributed by atoms with van der Waals surface area (Å²) in [4.78, 5) is 3.78. The largest absolute Gasteiger partial charge is 0.246 e. The van der Waals surface area contributed by atoms with Crippen molar-refractivity contribution >= 4 is 33.2 Å². The lowest BCUT2D eigenvalue weighted by Crippen LogP contribution is -2.29. The van der Waals surface area contributed by atoms with Crippen molar-refractivity contribution in [1.82, 2.24) is 9.29 Å². The molecule has 1 aliphatic rings. The van der Waals surface area contributed by atoms with E-state index in [0.717, 1.165) is 6.42 Å². The molecule has 0 spiro atoms. The van der Waals surface area contributed by atoms with Gasteiger partial charge in [-0.2, -0.15) is 4.31 Å². The molecule has 2 rings (SSSR count). The summed E-state index contributed by atoms with van der Waals surface area (Å²) in [5.41, 5.74) is 0. The fraction of sp³-hybridized carbons (Fsp3) is 0.500. The second-order valence-electron chi connectivity index (χ2n) is 4.18. The number of nitrogens with zero attached hydrogens (tertiary/aromatic N) is 2. The van der Waals surface area contributed by atoms with E-state index in [4.69, 9.17) is 23.2 Å². The SMILES string of the molecule is C[C@H]1CCN(S(=O)(=O)c2ccc(Cl)nc2Cl)C1. The summed E-state index contributed by atoms with van der Waals surface area (Å²) >= 11 is 11.5. The lowest BCUT2D eigenvalue weighted by atomic mass is 10.2. The van der Waals surface area contributed by atoms with E-state index in [2.05, 4.69) is 4.98 Å². The van der Waals surface area contributed by atoms with Gasteiger partial charge in [0, 0.05) is 13.1 Å².